The van der Waals surface area contributed by atoms with Crippen LogP contribution in [0.25, 0.3) is 0 Å². The fourth-order valence-electron chi connectivity index (χ4n) is 1.57. The third kappa shape index (κ3) is 2.85. The van der Waals surface area contributed by atoms with Crippen LogP contribution in [0.3, 0.4) is 0 Å². The SMILES string of the molecule is CC(C)(C)OC(=O)N1CCOc2ccc(Cl)nc21. The Hall–Kier alpha value is -1.49. The highest BCUT2D eigenvalue weighted by Crippen LogP contribution is 2.31. The summed E-state index contributed by atoms with van der Waals surface area (Å²) in [6, 6.07) is 3.32. The second kappa shape index (κ2) is 4.65. The molecule has 0 saturated heterocycles. The molecule has 1 amide bonds. The van der Waals surface area contributed by atoms with Crippen molar-refractivity contribution in [2.45, 2.75) is 26.4 Å². The quantitative estimate of drug-likeness (QED) is 0.680. The number of aromatic nitrogens is 1. The number of halogens is 1. The highest BCUT2D eigenvalue weighted by atomic mass is 35.5. The largest absolute Gasteiger partial charge is 0.488 e. The van der Waals surface area contributed by atoms with Crippen LogP contribution in [0, 0.1) is 0 Å². The van der Waals surface area contributed by atoms with Crippen molar-refractivity contribution >= 4 is 23.5 Å². The molecule has 2 rings (SSSR count). The van der Waals surface area contributed by atoms with E-state index in [-0.39, 0.29) is 0 Å². The van der Waals surface area contributed by atoms with Crippen LogP contribution in [-0.2, 0) is 4.74 Å². The van der Waals surface area contributed by atoms with Gasteiger partial charge < -0.3 is 9.47 Å². The summed E-state index contributed by atoms with van der Waals surface area (Å²) in [5.41, 5.74) is -0.547. The molecule has 1 aromatic heterocycles. The van der Waals surface area contributed by atoms with Gasteiger partial charge in [-0.05, 0) is 32.9 Å². The molecule has 1 aliphatic heterocycles. The molecular weight excluding hydrogens is 256 g/mol. The van der Waals surface area contributed by atoms with Crippen LogP contribution in [-0.4, -0.2) is 29.8 Å². The van der Waals surface area contributed by atoms with Gasteiger partial charge in [0, 0.05) is 0 Å². The van der Waals surface area contributed by atoms with Crippen molar-refractivity contribution < 1.29 is 14.3 Å². The molecule has 1 aliphatic rings. The molecule has 0 fully saturated rings. The van der Waals surface area contributed by atoms with Crippen LogP contribution in [0.2, 0.25) is 5.15 Å². The van der Waals surface area contributed by atoms with Crippen molar-refractivity contribution in [2.24, 2.45) is 0 Å². The molecular formula is C12H15ClN2O3. The average Bonchev–Trinajstić information content (AvgIpc) is 2.25. The Balaban J connectivity index is 2.27. The molecule has 0 unspecified atom stereocenters. The number of nitrogens with zero attached hydrogens (tertiary/aromatic N) is 2. The van der Waals surface area contributed by atoms with Crippen molar-refractivity contribution in [3.63, 3.8) is 0 Å². The van der Waals surface area contributed by atoms with Gasteiger partial charge in [-0.3, -0.25) is 4.90 Å². The molecule has 18 heavy (non-hydrogen) atoms. The minimum atomic E-state index is -0.547. The number of hydrogen-bond donors (Lipinski definition) is 0. The van der Waals surface area contributed by atoms with Crippen LogP contribution in [0.4, 0.5) is 10.6 Å². The van der Waals surface area contributed by atoms with E-state index in [4.69, 9.17) is 21.1 Å². The van der Waals surface area contributed by atoms with E-state index in [0.717, 1.165) is 0 Å². The summed E-state index contributed by atoms with van der Waals surface area (Å²) >= 11 is 5.83. The van der Waals surface area contributed by atoms with E-state index in [1.807, 2.05) is 20.8 Å². The smallest absolute Gasteiger partial charge is 0.416 e. The Morgan fingerprint density at radius 2 is 2.22 bits per heavy atom. The van der Waals surface area contributed by atoms with Crippen molar-refractivity contribution in [3.05, 3.63) is 17.3 Å². The van der Waals surface area contributed by atoms with Gasteiger partial charge in [0.25, 0.3) is 0 Å². The number of anilines is 1. The Bertz CT molecular complexity index is 471. The summed E-state index contributed by atoms with van der Waals surface area (Å²) in [6.07, 6.45) is -0.443. The zero-order chi connectivity index (χ0) is 13.3. The number of pyridine rings is 1. The third-order valence-corrected chi connectivity index (χ3v) is 2.46. The van der Waals surface area contributed by atoms with Gasteiger partial charge in [-0.15, -0.1) is 0 Å². The van der Waals surface area contributed by atoms with Gasteiger partial charge in [-0.25, -0.2) is 9.78 Å². The minimum absolute atomic E-state index is 0.313. The zero-order valence-electron chi connectivity index (χ0n) is 10.6. The fourth-order valence-corrected chi connectivity index (χ4v) is 1.71. The second-order valence-corrected chi connectivity index (χ2v) is 5.32. The number of rotatable bonds is 0. The first kappa shape index (κ1) is 13.0. The summed E-state index contributed by atoms with van der Waals surface area (Å²) in [5, 5.41) is 0.313. The molecule has 98 valence electrons. The summed E-state index contributed by atoms with van der Waals surface area (Å²) < 4.78 is 10.7. The predicted octanol–water partition coefficient (Wildman–Crippen LogP) is 2.87. The molecule has 1 aromatic rings. The van der Waals surface area contributed by atoms with E-state index in [1.54, 1.807) is 12.1 Å². The maximum Gasteiger partial charge on any atom is 0.416 e. The number of carbonyl (C=O) groups is 1. The molecule has 2 heterocycles. The predicted molar refractivity (Wildman–Crippen MR) is 68.3 cm³/mol. The van der Waals surface area contributed by atoms with E-state index < -0.39 is 11.7 Å². The topological polar surface area (TPSA) is 51.7 Å². The number of fused-ring (bicyclic) bond motifs is 1. The van der Waals surface area contributed by atoms with Crippen LogP contribution < -0.4 is 9.64 Å². The van der Waals surface area contributed by atoms with Gasteiger partial charge in [0.15, 0.2) is 11.6 Å². The minimum Gasteiger partial charge on any atom is -0.488 e. The summed E-state index contributed by atoms with van der Waals surface area (Å²) in [6.45, 7) is 6.26. The van der Waals surface area contributed by atoms with Crippen LogP contribution >= 0.6 is 11.6 Å². The number of carbonyl (C=O) groups excluding carboxylic acids is 1. The first-order valence-electron chi connectivity index (χ1n) is 5.67. The monoisotopic (exact) mass is 270 g/mol. The van der Waals surface area contributed by atoms with E-state index >= 15 is 0 Å². The third-order valence-electron chi connectivity index (χ3n) is 2.25. The molecule has 6 heteroatoms. The van der Waals surface area contributed by atoms with E-state index in [2.05, 4.69) is 4.98 Å². The van der Waals surface area contributed by atoms with Crippen LogP contribution in [0.15, 0.2) is 12.1 Å². The number of hydrogen-bond acceptors (Lipinski definition) is 4. The van der Waals surface area contributed by atoms with Gasteiger partial charge in [0.05, 0.1) is 6.54 Å². The summed E-state index contributed by atoms with van der Waals surface area (Å²) in [5.74, 6) is 0.944. The van der Waals surface area contributed by atoms with Gasteiger partial charge >= 0.3 is 6.09 Å². The van der Waals surface area contributed by atoms with Crippen molar-refractivity contribution in [1.29, 1.82) is 0 Å². The zero-order valence-corrected chi connectivity index (χ0v) is 11.3. The lowest BCUT2D eigenvalue weighted by Crippen LogP contribution is -2.42. The molecule has 0 saturated carbocycles. The van der Waals surface area contributed by atoms with E-state index in [1.165, 1.54) is 4.90 Å². The molecule has 0 aromatic carbocycles. The molecule has 0 atom stereocenters. The number of amides is 1. The fraction of sp³-hybridized carbons (Fsp3) is 0.500. The van der Waals surface area contributed by atoms with Crippen LogP contribution in [0.5, 0.6) is 5.75 Å². The molecule has 0 N–H and O–H groups in total. The van der Waals surface area contributed by atoms with E-state index in [0.29, 0.717) is 29.9 Å². The summed E-state index contributed by atoms with van der Waals surface area (Å²) in [7, 11) is 0. The van der Waals surface area contributed by atoms with Crippen LogP contribution in [0.1, 0.15) is 20.8 Å². The molecule has 0 bridgehead atoms. The van der Waals surface area contributed by atoms with Gasteiger partial charge in [-0.1, -0.05) is 11.6 Å². The van der Waals surface area contributed by atoms with E-state index in [9.17, 15) is 4.79 Å². The van der Waals surface area contributed by atoms with Crippen molar-refractivity contribution in [1.82, 2.24) is 4.98 Å². The Labute approximate surface area is 111 Å². The molecule has 0 aliphatic carbocycles. The lowest BCUT2D eigenvalue weighted by atomic mass is 10.2. The molecule has 0 radical (unpaired) electrons. The Kier molecular flexibility index (Phi) is 3.34. The Morgan fingerprint density at radius 3 is 2.89 bits per heavy atom. The maximum absolute atomic E-state index is 12.1. The van der Waals surface area contributed by atoms with Gasteiger partial charge in [-0.2, -0.15) is 0 Å². The molecule has 0 spiro atoms. The maximum atomic E-state index is 12.1. The second-order valence-electron chi connectivity index (χ2n) is 4.94. The van der Waals surface area contributed by atoms with Crippen molar-refractivity contribution in [3.8, 4) is 5.75 Å². The van der Waals surface area contributed by atoms with Gasteiger partial charge in [0.2, 0.25) is 0 Å². The first-order valence-corrected chi connectivity index (χ1v) is 6.04. The standard InChI is InChI=1S/C12H15ClN2O3/c1-12(2,3)18-11(16)15-6-7-17-8-4-5-9(13)14-10(8)15/h4-5H,6-7H2,1-3H3. The lowest BCUT2D eigenvalue weighted by molar-refractivity contribution is 0.0566. The summed E-state index contributed by atoms with van der Waals surface area (Å²) in [4.78, 5) is 17.6. The first-order chi connectivity index (χ1) is 8.37. The normalized spacial score (nSPS) is 14.8. The Morgan fingerprint density at radius 1 is 1.50 bits per heavy atom. The highest BCUT2D eigenvalue weighted by molar-refractivity contribution is 6.29. The average molecular weight is 271 g/mol. The lowest BCUT2D eigenvalue weighted by Gasteiger charge is -2.30. The highest BCUT2D eigenvalue weighted by Gasteiger charge is 2.29. The molecule has 5 nitrogen and oxygen atoms in total. The van der Waals surface area contributed by atoms with Gasteiger partial charge in [0.1, 0.15) is 17.4 Å². The van der Waals surface area contributed by atoms with Crippen molar-refractivity contribution in [2.75, 3.05) is 18.1 Å². The number of ether oxygens (including phenoxy) is 2.